The van der Waals surface area contributed by atoms with Gasteiger partial charge in [0.2, 0.25) is 5.91 Å². The molecule has 0 aliphatic rings. The lowest BCUT2D eigenvalue weighted by Gasteiger charge is -2.06. The highest BCUT2D eigenvalue weighted by Crippen LogP contribution is 1.99. The standard InChI is InChI=1S/C11H16N2O.H2/c1-9(2)6-11(14)13-8-10-4-3-5-12-7-10;/h3-5,7,9H,6,8H2,1-2H3,(H,13,14);1H. The zero-order chi connectivity index (χ0) is 10.4. The van der Waals surface area contributed by atoms with E-state index in [1.807, 2.05) is 26.0 Å². The van der Waals surface area contributed by atoms with E-state index in [4.69, 9.17) is 0 Å². The number of carbonyl (C=O) groups is 1. The van der Waals surface area contributed by atoms with Gasteiger partial charge in [-0.3, -0.25) is 9.78 Å². The molecule has 0 aliphatic heterocycles. The molecule has 0 fully saturated rings. The van der Waals surface area contributed by atoms with Crippen molar-refractivity contribution in [1.82, 2.24) is 10.3 Å². The first-order chi connectivity index (χ1) is 6.68. The van der Waals surface area contributed by atoms with Gasteiger partial charge in [0.1, 0.15) is 0 Å². The molecule has 0 saturated carbocycles. The van der Waals surface area contributed by atoms with Gasteiger partial charge < -0.3 is 5.32 Å². The average molecular weight is 194 g/mol. The Labute approximate surface area is 86.0 Å². The largest absolute Gasteiger partial charge is 0.352 e. The molecule has 0 saturated heterocycles. The fraction of sp³-hybridized carbons (Fsp3) is 0.455. The van der Waals surface area contributed by atoms with Crippen LogP contribution in [0.1, 0.15) is 27.3 Å². The van der Waals surface area contributed by atoms with Crippen LogP contribution in [-0.4, -0.2) is 10.9 Å². The molecular weight excluding hydrogens is 176 g/mol. The summed E-state index contributed by atoms with van der Waals surface area (Å²) < 4.78 is 0. The molecular formula is C11H18N2O. The van der Waals surface area contributed by atoms with Gasteiger partial charge in [0.05, 0.1) is 0 Å². The minimum absolute atomic E-state index is 0. The molecule has 0 atom stereocenters. The number of hydrogen-bond donors (Lipinski definition) is 1. The molecule has 1 aromatic rings. The van der Waals surface area contributed by atoms with E-state index >= 15 is 0 Å². The zero-order valence-electron chi connectivity index (χ0n) is 8.66. The maximum atomic E-state index is 11.3. The molecule has 3 heteroatoms. The summed E-state index contributed by atoms with van der Waals surface area (Å²) >= 11 is 0. The van der Waals surface area contributed by atoms with Gasteiger partial charge in [-0.1, -0.05) is 19.9 Å². The van der Waals surface area contributed by atoms with E-state index in [1.165, 1.54) is 0 Å². The van der Waals surface area contributed by atoms with Crippen molar-refractivity contribution in [2.45, 2.75) is 26.8 Å². The highest BCUT2D eigenvalue weighted by atomic mass is 16.1. The lowest BCUT2D eigenvalue weighted by Crippen LogP contribution is -2.23. The second-order valence-corrected chi connectivity index (χ2v) is 3.74. The molecule has 1 rings (SSSR count). The molecule has 3 nitrogen and oxygen atoms in total. The summed E-state index contributed by atoms with van der Waals surface area (Å²) in [6.45, 7) is 4.63. The van der Waals surface area contributed by atoms with E-state index < -0.39 is 0 Å². The van der Waals surface area contributed by atoms with Crippen LogP contribution < -0.4 is 5.32 Å². The molecule has 0 spiro atoms. The summed E-state index contributed by atoms with van der Waals surface area (Å²) in [5, 5.41) is 2.85. The Bertz CT molecular complexity index is 288. The Hall–Kier alpha value is -1.38. The quantitative estimate of drug-likeness (QED) is 0.796. The van der Waals surface area contributed by atoms with Crippen molar-refractivity contribution in [1.29, 1.82) is 0 Å². The fourth-order valence-corrected chi connectivity index (χ4v) is 1.15. The molecule has 1 heterocycles. The third-order valence-corrected chi connectivity index (χ3v) is 1.81. The fourth-order valence-electron chi connectivity index (χ4n) is 1.15. The number of pyridine rings is 1. The van der Waals surface area contributed by atoms with E-state index in [2.05, 4.69) is 10.3 Å². The van der Waals surface area contributed by atoms with Crippen LogP contribution in [0.15, 0.2) is 24.5 Å². The van der Waals surface area contributed by atoms with Crippen molar-refractivity contribution in [3.8, 4) is 0 Å². The first kappa shape index (κ1) is 10.7. The van der Waals surface area contributed by atoms with Crippen molar-refractivity contribution in [2.75, 3.05) is 0 Å². The van der Waals surface area contributed by atoms with Crippen LogP contribution >= 0.6 is 0 Å². The molecule has 0 aliphatic carbocycles. The van der Waals surface area contributed by atoms with Crippen LogP contribution in [0.2, 0.25) is 0 Å². The minimum atomic E-state index is 0. The van der Waals surface area contributed by atoms with Crippen molar-refractivity contribution >= 4 is 5.91 Å². The summed E-state index contributed by atoms with van der Waals surface area (Å²) in [7, 11) is 0. The highest BCUT2D eigenvalue weighted by molar-refractivity contribution is 5.75. The Morgan fingerprint density at radius 2 is 2.43 bits per heavy atom. The van der Waals surface area contributed by atoms with E-state index in [0.717, 1.165) is 5.56 Å². The average Bonchev–Trinajstić information content (AvgIpc) is 2.15. The summed E-state index contributed by atoms with van der Waals surface area (Å²) in [6.07, 6.45) is 4.06. The molecule has 0 bridgehead atoms. The SMILES string of the molecule is CC(C)CC(=O)NCc1cccnc1.[HH]. The molecule has 14 heavy (non-hydrogen) atoms. The van der Waals surface area contributed by atoms with E-state index in [-0.39, 0.29) is 7.33 Å². The lowest BCUT2D eigenvalue weighted by molar-refractivity contribution is -0.121. The van der Waals surface area contributed by atoms with Crippen molar-refractivity contribution < 1.29 is 6.22 Å². The number of nitrogens with zero attached hydrogens (tertiary/aromatic N) is 1. The molecule has 1 N–H and O–H groups in total. The number of aromatic nitrogens is 1. The van der Waals surface area contributed by atoms with Gasteiger partial charge in [-0.05, 0) is 17.5 Å². The van der Waals surface area contributed by atoms with Crippen molar-refractivity contribution in [3.05, 3.63) is 30.1 Å². The van der Waals surface area contributed by atoms with Crippen LogP contribution in [0.4, 0.5) is 0 Å². The van der Waals surface area contributed by atoms with Gasteiger partial charge in [0, 0.05) is 26.8 Å². The van der Waals surface area contributed by atoms with E-state index in [9.17, 15) is 4.79 Å². The number of rotatable bonds is 4. The summed E-state index contributed by atoms with van der Waals surface area (Å²) in [6, 6.07) is 3.81. The first-order valence-electron chi connectivity index (χ1n) is 4.84. The van der Waals surface area contributed by atoms with Crippen LogP contribution in [0.25, 0.3) is 0 Å². The van der Waals surface area contributed by atoms with E-state index in [0.29, 0.717) is 18.9 Å². The third kappa shape index (κ3) is 4.03. The van der Waals surface area contributed by atoms with Crippen molar-refractivity contribution in [3.63, 3.8) is 0 Å². The third-order valence-electron chi connectivity index (χ3n) is 1.81. The number of nitrogens with one attached hydrogen (secondary N) is 1. The zero-order valence-corrected chi connectivity index (χ0v) is 8.66. The Kier molecular flexibility index (Phi) is 4.11. The summed E-state index contributed by atoms with van der Waals surface area (Å²) in [5.74, 6) is 0.507. The second kappa shape index (κ2) is 5.37. The van der Waals surface area contributed by atoms with Crippen LogP contribution in [-0.2, 0) is 11.3 Å². The molecule has 0 radical (unpaired) electrons. The van der Waals surface area contributed by atoms with E-state index in [1.54, 1.807) is 12.4 Å². The molecule has 1 amide bonds. The summed E-state index contributed by atoms with van der Waals surface area (Å²) in [4.78, 5) is 15.3. The lowest BCUT2D eigenvalue weighted by atomic mass is 10.1. The van der Waals surface area contributed by atoms with Gasteiger partial charge in [0.15, 0.2) is 0 Å². The van der Waals surface area contributed by atoms with Gasteiger partial charge in [-0.25, -0.2) is 0 Å². The van der Waals surface area contributed by atoms with Crippen molar-refractivity contribution in [2.24, 2.45) is 5.92 Å². The minimum Gasteiger partial charge on any atom is -0.352 e. The van der Waals surface area contributed by atoms with Gasteiger partial charge in [-0.2, -0.15) is 0 Å². The molecule has 0 unspecified atom stereocenters. The molecule has 0 aromatic carbocycles. The smallest absolute Gasteiger partial charge is 0.220 e. The predicted molar refractivity (Wildman–Crippen MR) is 57.7 cm³/mol. The van der Waals surface area contributed by atoms with Crippen LogP contribution in [0, 0.1) is 5.92 Å². The molecule has 1 aromatic heterocycles. The maximum Gasteiger partial charge on any atom is 0.220 e. The van der Waals surface area contributed by atoms with Crippen LogP contribution in [0.5, 0.6) is 0 Å². The Morgan fingerprint density at radius 1 is 1.64 bits per heavy atom. The molecule has 78 valence electrons. The highest BCUT2D eigenvalue weighted by Gasteiger charge is 2.03. The predicted octanol–water partition coefficient (Wildman–Crippen LogP) is 1.99. The number of amides is 1. The normalized spacial score (nSPS) is 10.2. The van der Waals surface area contributed by atoms with Crippen LogP contribution in [0.3, 0.4) is 0 Å². The van der Waals surface area contributed by atoms with Gasteiger partial charge >= 0.3 is 0 Å². The Morgan fingerprint density at radius 3 is 3.00 bits per heavy atom. The number of hydrogen-bond acceptors (Lipinski definition) is 2. The maximum absolute atomic E-state index is 11.3. The first-order valence-corrected chi connectivity index (χ1v) is 4.84. The summed E-state index contributed by atoms with van der Waals surface area (Å²) in [5.41, 5.74) is 1.03. The van der Waals surface area contributed by atoms with Gasteiger partial charge in [0.25, 0.3) is 0 Å². The number of carbonyl (C=O) groups excluding carboxylic acids is 1. The Balaban J connectivity index is 0.00000196. The second-order valence-electron chi connectivity index (χ2n) is 3.74. The topological polar surface area (TPSA) is 42.0 Å². The monoisotopic (exact) mass is 194 g/mol. The van der Waals surface area contributed by atoms with Gasteiger partial charge in [-0.15, -0.1) is 0 Å².